The monoisotopic (exact) mass is 286 g/mol. The van der Waals surface area contributed by atoms with Crippen molar-refractivity contribution in [3.8, 4) is 0 Å². The molecule has 0 saturated carbocycles. The van der Waals surface area contributed by atoms with Gasteiger partial charge in [0.05, 0.1) is 11.5 Å². The molecular weight excluding hydrogens is 268 g/mol. The fourth-order valence-electron chi connectivity index (χ4n) is 2.06. The van der Waals surface area contributed by atoms with Crippen LogP contribution in [0, 0.1) is 17.0 Å². The van der Waals surface area contributed by atoms with Gasteiger partial charge < -0.3 is 10.1 Å². The molecule has 1 N–H and O–H groups in total. The maximum atomic E-state index is 11.1. The van der Waals surface area contributed by atoms with Gasteiger partial charge in [-0.25, -0.2) is 0 Å². The summed E-state index contributed by atoms with van der Waals surface area (Å²) in [5.74, 6) is 0. The van der Waals surface area contributed by atoms with E-state index in [9.17, 15) is 10.1 Å². The first-order chi connectivity index (χ1) is 10.1. The van der Waals surface area contributed by atoms with Gasteiger partial charge in [-0.15, -0.1) is 0 Å². The Kier molecular flexibility index (Phi) is 4.90. The number of hydrogen-bond donors (Lipinski definition) is 1. The normalized spacial score (nSPS) is 10.4. The Morgan fingerprint density at radius 3 is 2.43 bits per heavy atom. The summed E-state index contributed by atoms with van der Waals surface area (Å²) in [7, 11) is 1.66. The van der Waals surface area contributed by atoms with Gasteiger partial charge in [-0.05, 0) is 29.7 Å². The van der Waals surface area contributed by atoms with Crippen LogP contribution in [0.1, 0.15) is 16.7 Å². The van der Waals surface area contributed by atoms with Crippen LogP contribution in [0.5, 0.6) is 0 Å². The second-order valence-corrected chi connectivity index (χ2v) is 4.88. The molecule has 0 aliphatic rings. The van der Waals surface area contributed by atoms with Gasteiger partial charge in [0.1, 0.15) is 5.69 Å². The number of aryl methyl sites for hydroxylation is 1. The maximum Gasteiger partial charge on any atom is 0.292 e. The summed E-state index contributed by atoms with van der Waals surface area (Å²) < 4.78 is 5.06. The third kappa shape index (κ3) is 4.03. The maximum absolute atomic E-state index is 11.1. The number of anilines is 1. The van der Waals surface area contributed by atoms with Crippen molar-refractivity contribution >= 4 is 11.4 Å². The quantitative estimate of drug-likeness (QED) is 0.650. The molecule has 0 unspecified atom stereocenters. The number of rotatable bonds is 6. The second kappa shape index (κ2) is 6.85. The van der Waals surface area contributed by atoms with Gasteiger partial charge in [0.15, 0.2) is 0 Å². The molecule has 0 aromatic heterocycles. The zero-order chi connectivity index (χ0) is 15.2. The number of methoxy groups -OCH3 is 1. The Balaban J connectivity index is 2.07. The summed E-state index contributed by atoms with van der Waals surface area (Å²) in [5, 5.41) is 14.2. The summed E-state index contributed by atoms with van der Waals surface area (Å²) >= 11 is 0. The molecule has 2 rings (SSSR count). The number of nitrogens with one attached hydrogen (secondary N) is 1. The van der Waals surface area contributed by atoms with Crippen LogP contribution in [0.2, 0.25) is 0 Å². The van der Waals surface area contributed by atoms with E-state index >= 15 is 0 Å². The van der Waals surface area contributed by atoms with Crippen molar-refractivity contribution in [2.45, 2.75) is 20.1 Å². The Morgan fingerprint density at radius 2 is 1.81 bits per heavy atom. The minimum absolute atomic E-state index is 0.103. The van der Waals surface area contributed by atoms with E-state index in [1.54, 1.807) is 19.2 Å². The van der Waals surface area contributed by atoms with Crippen molar-refractivity contribution < 1.29 is 9.66 Å². The van der Waals surface area contributed by atoms with Gasteiger partial charge >= 0.3 is 0 Å². The van der Waals surface area contributed by atoms with Crippen molar-refractivity contribution in [2.24, 2.45) is 0 Å². The molecule has 0 fully saturated rings. The lowest BCUT2D eigenvalue weighted by molar-refractivity contribution is -0.384. The van der Waals surface area contributed by atoms with Crippen molar-refractivity contribution in [2.75, 3.05) is 12.4 Å². The predicted octanol–water partition coefficient (Wildman–Crippen LogP) is 3.66. The van der Waals surface area contributed by atoms with E-state index in [2.05, 4.69) is 5.32 Å². The number of benzene rings is 2. The molecule has 0 atom stereocenters. The van der Waals surface area contributed by atoms with Crippen molar-refractivity contribution in [1.82, 2.24) is 0 Å². The minimum Gasteiger partial charge on any atom is -0.380 e. The third-order valence-electron chi connectivity index (χ3n) is 3.17. The number of nitrogens with zero attached hydrogens (tertiary/aromatic N) is 1. The first-order valence-electron chi connectivity index (χ1n) is 6.66. The fraction of sp³-hybridized carbons (Fsp3) is 0.250. The van der Waals surface area contributed by atoms with Gasteiger partial charge in [0.2, 0.25) is 0 Å². The molecule has 0 bridgehead atoms. The Morgan fingerprint density at radius 1 is 1.14 bits per heavy atom. The topological polar surface area (TPSA) is 64.4 Å². The van der Waals surface area contributed by atoms with Crippen LogP contribution in [-0.2, 0) is 17.9 Å². The van der Waals surface area contributed by atoms with E-state index in [1.807, 2.05) is 37.3 Å². The van der Waals surface area contributed by atoms with Gasteiger partial charge in [-0.2, -0.15) is 0 Å². The summed E-state index contributed by atoms with van der Waals surface area (Å²) in [6.07, 6.45) is 0. The second-order valence-electron chi connectivity index (χ2n) is 4.88. The van der Waals surface area contributed by atoms with Crippen LogP contribution in [0.4, 0.5) is 11.4 Å². The van der Waals surface area contributed by atoms with Crippen LogP contribution >= 0.6 is 0 Å². The molecule has 0 aliphatic heterocycles. The zero-order valence-electron chi connectivity index (χ0n) is 12.1. The van der Waals surface area contributed by atoms with Crippen molar-refractivity contribution in [1.29, 1.82) is 0 Å². The van der Waals surface area contributed by atoms with Crippen molar-refractivity contribution in [3.63, 3.8) is 0 Å². The van der Waals surface area contributed by atoms with Crippen LogP contribution < -0.4 is 5.32 Å². The number of nitro benzene ring substituents is 1. The van der Waals surface area contributed by atoms with Crippen LogP contribution in [0.15, 0.2) is 42.5 Å². The molecule has 2 aromatic carbocycles. The Bertz CT molecular complexity index is 624. The third-order valence-corrected chi connectivity index (χ3v) is 3.17. The first kappa shape index (κ1) is 15.0. The van der Waals surface area contributed by atoms with Crippen LogP contribution in [0.3, 0.4) is 0 Å². The highest BCUT2D eigenvalue weighted by atomic mass is 16.6. The molecule has 0 heterocycles. The van der Waals surface area contributed by atoms with Crippen molar-refractivity contribution in [3.05, 3.63) is 69.3 Å². The van der Waals surface area contributed by atoms with E-state index in [4.69, 9.17) is 4.74 Å². The lowest BCUT2D eigenvalue weighted by Gasteiger charge is -2.08. The van der Waals surface area contributed by atoms with E-state index in [1.165, 1.54) is 0 Å². The average molecular weight is 286 g/mol. The first-order valence-corrected chi connectivity index (χ1v) is 6.66. The van der Waals surface area contributed by atoms with E-state index in [-0.39, 0.29) is 10.6 Å². The highest BCUT2D eigenvalue weighted by molar-refractivity contribution is 5.62. The largest absolute Gasteiger partial charge is 0.380 e. The van der Waals surface area contributed by atoms with Gasteiger partial charge in [0.25, 0.3) is 5.69 Å². The summed E-state index contributed by atoms with van der Waals surface area (Å²) in [4.78, 5) is 10.7. The van der Waals surface area contributed by atoms with Gasteiger partial charge in [-0.3, -0.25) is 10.1 Å². The van der Waals surface area contributed by atoms with Gasteiger partial charge in [-0.1, -0.05) is 30.3 Å². The lowest BCUT2D eigenvalue weighted by Crippen LogP contribution is -2.03. The molecule has 110 valence electrons. The molecule has 0 aliphatic carbocycles. The smallest absolute Gasteiger partial charge is 0.292 e. The fourth-order valence-corrected chi connectivity index (χ4v) is 2.06. The predicted molar refractivity (Wildman–Crippen MR) is 82.3 cm³/mol. The molecule has 0 saturated heterocycles. The molecule has 0 radical (unpaired) electrons. The highest BCUT2D eigenvalue weighted by Gasteiger charge is 2.13. The molecule has 21 heavy (non-hydrogen) atoms. The standard InChI is InChI=1S/C16H18N2O3/c1-12-3-8-15(16(9-12)18(19)20)17-10-13-4-6-14(7-5-13)11-21-2/h3-9,17H,10-11H2,1-2H3. The van der Waals surface area contributed by atoms with Crippen LogP contribution in [-0.4, -0.2) is 12.0 Å². The summed E-state index contributed by atoms with van der Waals surface area (Å²) in [6, 6.07) is 13.1. The molecule has 5 heteroatoms. The van der Waals surface area contributed by atoms with Crippen LogP contribution in [0.25, 0.3) is 0 Å². The average Bonchev–Trinajstić information content (AvgIpc) is 2.47. The highest BCUT2D eigenvalue weighted by Crippen LogP contribution is 2.25. The zero-order valence-corrected chi connectivity index (χ0v) is 12.1. The molecule has 2 aromatic rings. The molecule has 0 spiro atoms. The molecule has 0 amide bonds. The Labute approximate surface area is 123 Å². The summed E-state index contributed by atoms with van der Waals surface area (Å²) in [6.45, 7) is 2.96. The van der Waals surface area contributed by atoms with Gasteiger partial charge in [0, 0.05) is 19.7 Å². The van der Waals surface area contributed by atoms with E-state index in [0.717, 1.165) is 16.7 Å². The minimum atomic E-state index is -0.364. The number of nitro groups is 1. The Hall–Kier alpha value is -2.40. The molecule has 5 nitrogen and oxygen atoms in total. The lowest BCUT2D eigenvalue weighted by atomic mass is 10.1. The number of ether oxygens (including phenoxy) is 1. The SMILES string of the molecule is COCc1ccc(CNc2ccc(C)cc2[N+](=O)[O-])cc1. The summed E-state index contributed by atoms with van der Waals surface area (Å²) in [5.41, 5.74) is 3.67. The number of hydrogen-bond acceptors (Lipinski definition) is 4. The molecular formula is C16H18N2O3. The van der Waals surface area contributed by atoms with E-state index < -0.39 is 0 Å². The van der Waals surface area contributed by atoms with E-state index in [0.29, 0.717) is 18.8 Å².